The van der Waals surface area contributed by atoms with Crippen molar-refractivity contribution in [1.29, 1.82) is 0 Å². The molecular weight excluding hydrogens is 172 g/mol. The fraction of sp³-hybridized carbons (Fsp3) is 1.00. The molecule has 2 nitrogen and oxygen atoms in total. The summed E-state index contributed by atoms with van der Waals surface area (Å²) in [6.07, 6.45) is 4.51. The van der Waals surface area contributed by atoms with Gasteiger partial charge in [-0.15, -0.1) is 0 Å². The van der Waals surface area contributed by atoms with Gasteiger partial charge < -0.3 is 9.84 Å². The molecular formula is C9H20O2S. The van der Waals surface area contributed by atoms with E-state index in [1.807, 2.05) is 11.8 Å². The zero-order chi connectivity index (χ0) is 9.07. The normalized spacial score (nSPS) is 10.5. The van der Waals surface area contributed by atoms with E-state index < -0.39 is 0 Å². The highest BCUT2D eigenvalue weighted by molar-refractivity contribution is 7.99. The molecule has 12 heavy (non-hydrogen) atoms. The first-order valence-corrected chi connectivity index (χ1v) is 5.75. The number of hydrogen-bond donors (Lipinski definition) is 1. The third-order valence-corrected chi connectivity index (χ3v) is 2.74. The minimum atomic E-state index is 0.342. The van der Waals surface area contributed by atoms with Gasteiger partial charge in [-0.25, -0.2) is 0 Å². The van der Waals surface area contributed by atoms with Crippen LogP contribution in [0.25, 0.3) is 0 Å². The monoisotopic (exact) mass is 192 g/mol. The first-order chi connectivity index (χ1) is 5.91. The van der Waals surface area contributed by atoms with Crippen LogP contribution in [0, 0.1) is 0 Å². The van der Waals surface area contributed by atoms with Crippen molar-refractivity contribution in [1.82, 2.24) is 0 Å². The van der Waals surface area contributed by atoms with Gasteiger partial charge in [0.15, 0.2) is 0 Å². The molecule has 0 aromatic carbocycles. The Morgan fingerprint density at radius 2 is 1.83 bits per heavy atom. The standard InChI is InChI=1S/C9H20O2S/c1-11-7-5-9-12-8-4-2-3-6-10/h10H,2-9H2,1H3. The fourth-order valence-electron chi connectivity index (χ4n) is 0.900. The molecule has 0 aliphatic rings. The Hall–Kier alpha value is 0.270. The second-order valence-corrected chi connectivity index (χ2v) is 3.97. The number of thioether (sulfide) groups is 1. The van der Waals surface area contributed by atoms with E-state index in [0.29, 0.717) is 6.61 Å². The summed E-state index contributed by atoms with van der Waals surface area (Å²) in [5.74, 6) is 2.43. The lowest BCUT2D eigenvalue weighted by atomic mass is 10.3. The van der Waals surface area contributed by atoms with Crippen molar-refractivity contribution in [2.45, 2.75) is 25.7 Å². The van der Waals surface area contributed by atoms with E-state index in [4.69, 9.17) is 9.84 Å². The molecule has 0 amide bonds. The minimum Gasteiger partial charge on any atom is -0.396 e. The Morgan fingerprint density at radius 3 is 2.50 bits per heavy atom. The van der Waals surface area contributed by atoms with Crippen molar-refractivity contribution in [3.8, 4) is 0 Å². The van der Waals surface area contributed by atoms with Crippen LogP contribution in [0.1, 0.15) is 25.7 Å². The number of rotatable bonds is 9. The summed E-state index contributed by atoms with van der Waals surface area (Å²) in [6, 6.07) is 0. The molecule has 0 aliphatic heterocycles. The summed E-state index contributed by atoms with van der Waals surface area (Å²) in [7, 11) is 1.74. The molecule has 0 aromatic rings. The predicted octanol–water partition coefficient (Wildman–Crippen LogP) is 1.92. The van der Waals surface area contributed by atoms with Crippen molar-refractivity contribution in [3.63, 3.8) is 0 Å². The smallest absolute Gasteiger partial charge is 0.0470 e. The maximum absolute atomic E-state index is 8.52. The van der Waals surface area contributed by atoms with Crippen molar-refractivity contribution < 1.29 is 9.84 Å². The van der Waals surface area contributed by atoms with Gasteiger partial charge in [-0.05, 0) is 30.8 Å². The lowest BCUT2D eigenvalue weighted by molar-refractivity contribution is 0.200. The molecule has 0 spiro atoms. The van der Waals surface area contributed by atoms with E-state index >= 15 is 0 Å². The Morgan fingerprint density at radius 1 is 1.08 bits per heavy atom. The quantitative estimate of drug-likeness (QED) is 0.566. The highest BCUT2D eigenvalue weighted by atomic mass is 32.2. The molecule has 0 saturated heterocycles. The van der Waals surface area contributed by atoms with E-state index in [0.717, 1.165) is 25.9 Å². The Balaban J connectivity index is 2.73. The van der Waals surface area contributed by atoms with Gasteiger partial charge in [-0.1, -0.05) is 6.42 Å². The molecule has 0 radical (unpaired) electrons. The molecule has 1 N–H and O–H groups in total. The molecule has 0 saturated carbocycles. The van der Waals surface area contributed by atoms with Crippen LogP contribution >= 0.6 is 11.8 Å². The number of hydrogen-bond acceptors (Lipinski definition) is 3. The van der Waals surface area contributed by atoms with Gasteiger partial charge in [-0.2, -0.15) is 11.8 Å². The predicted molar refractivity (Wildman–Crippen MR) is 54.8 cm³/mol. The zero-order valence-corrected chi connectivity index (χ0v) is 8.74. The SMILES string of the molecule is COCCCSCCCCCO. The molecule has 0 bridgehead atoms. The van der Waals surface area contributed by atoms with E-state index in [2.05, 4.69) is 0 Å². The summed E-state index contributed by atoms with van der Waals surface area (Å²) in [5, 5.41) is 8.52. The lowest BCUT2D eigenvalue weighted by Crippen LogP contribution is -1.92. The number of aliphatic hydroxyl groups excluding tert-OH is 1. The van der Waals surface area contributed by atoms with Gasteiger partial charge in [0.05, 0.1) is 0 Å². The van der Waals surface area contributed by atoms with Crippen LogP contribution in [0.15, 0.2) is 0 Å². The van der Waals surface area contributed by atoms with Crippen LogP contribution in [0.4, 0.5) is 0 Å². The van der Waals surface area contributed by atoms with Gasteiger partial charge in [-0.3, -0.25) is 0 Å². The lowest BCUT2D eigenvalue weighted by Gasteiger charge is -2.00. The second kappa shape index (κ2) is 11.3. The average Bonchev–Trinajstić information content (AvgIpc) is 2.10. The van der Waals surface area contributed by atoms with Gasteiger partial charge in [0.25, 0.3) is 0 Å². The van der Waals surface area contributed by atoms with Crippen LogP contribution in [0.2, 0.25) is 0 Å². The molecule has 3 heteroatoms. The number of methoxy groups -OCH3 is 1. The summed E-state index contributed by atoms with van der Waals surface area (Å²) >= 11 is 1.98. The minimum absolute atomic E-state index is 0.342. The van der Waals surface area contributed by atoms with Crippen LogP contribution in [-0.4, -0.2) is 36.9 Å². The third-order valence-electron chi connectivity index (χ3n) is 1.58. The highest BCUT2D eigenvalue weighted by Gasteiger charge is 1.90. The first kappa shape index (κ1) is 12.3. The summed E-state index contributed by atoms with van der Waals surface area (Å²) in [4.78, 5) is 0. The topological polar surface area (TPSA) is 29.5 Å². The third kappa shape index (κ3) is 10.3. The van der Waals surface area contributed by atoms with Crippen LogP contribution in [0.3, 0.4) is 0 Å². The molecule has 0 unspecified atom stereocenters. The summed E-state index contributed by atoms with van der Waals surface area (Å²) in [6.45, 7) is 1.22. The summed E-state index contributed by atoms with van der Waals surface area (Å²) < 4.78 is 4.94. The van der Waals surface area contributed by atoms with Crippen molar-refractivity contribution in [2.75, 3.05) is 31.8 Å². The first-order valence-electron chi connectivity index (χ1n) is 4.59. The van der Waals surface area contributed by atoms with Crippen molar-refractivity contribution in [3.05, 3.63) is 0 Å². The Kier molecular flexibility index (Phi) is 11.5. The second-order valence-electron chi connectivity index (χ2n) is 2.74. The Labute approximate surface area is 79.7 Å². The van der Waals surface area contributed by atoms with E-state index in [9.17, 15) is 0 Å². The van der Waals surface area contributed by atoms with Crippen LogP contribution < -0.4 is 0 Å². The number of ether oxygens (including phenoxy) is 1. The number of unbranched alkanes of at least 4 members (excludes halogenated alkanes) is 2. The van der Waals surface area contributed by atoms with Crippen molar-refractivity contribution >= 4 is 11.8 Å². The maximum Gasteiger partial charge on any atom is 0.0470 e. The Bertz CT molecular complexity index is 68.9. The molecule has 0 aromatic heterocycles. The molecule has 0 heterocycles. The molecule has 74 valence electrons. The van der Waals surface area contributed by atoms with Gasteiger partial charge in [0, 0.05) is 20.3 Å². The average molecular weight is 192 g/mol. The van der Waals surface area contributed by atoms with E-state index in [-0.39, 0.29) is 0 Å². The van der Waals surface area contributed by atoms with Crippen LogP contribution in [-0.2, 0) is 4.74 Å². The van der Waals surface area contributed by atoms with Gasteiger partial charge >= 0.3 is 0 Å². The molecule has 0 rings (SSSR count). The molecule has 0 atom stereocenters. The van der Waals surface area contributed by atoms with E-state index in [1.54, 1.807) is 7.11 Å². The zero-order valence-electron chi connectivity index (χ0n) is 7.92. The maximum atomic E-state index is 8.52. The summed E-state index contributed by atoms with van der Waals surface area (Å²) in [5.41, 5.74) is 0. The fourth-order valence-corrected chi connectivity index (χ4v) is 1.83. The molecule has 0 aliphatic carbocycles. The van der Waals surface area contributed by atoms with Crippen molar-refractivity contribution in [2.24, 2.45) is 0 Å². The van der Waals surface area contributed by atoms with Gasteiger partial charge in [0.2, 0.25) is 0 Å². The number of aliphatic hydroxyl groups is 1. The van der Waals surface area contributed by atoms with E-state index in [1.165, 1.54) is 17.9 Å². The highest BCUT2D eigenvalue weighted by Crippen LogP contribution is 2.07. The van der Waals surface area contributed by atoms with Crippen LogP contribution in [0.5, 0.6) is 0 Å². The largest absolute Gasteiger partial charge is 0.396 e. The molecule has 0 fully saturated rings. The van der Waals surface area contributed by atoms with Gasteiger partial charge in [0.1, 0.15) is 0 Å².